The molecule has 3 nitrogen and oxygen atoms in total. The fraction of sp³-hybridized carbons (Fsp3) is 0.786. The second kappa shape index (κ2) is 8.62. The summed E-state index contributed by atoms with van der Waals surface area (Å²) in [6.07, 6.45) is 4.36. The lowest BCUT2D eigenvalue weighted by molar-refractivity contribution is 0.195. The fourth-order valence-electron chi connectivity index (χ4n) is 1.78. The summed E-state index contributed by atoms with van der Waals surface area (Å²) in [5.41, 5.74) is 1.29. The van der Waals surface area contributed by atoms with Crippen LogP contribution in [0.15, 0.2) is 0 Å². The lowest BCUT2D eigenvalue weighted by Crippen LogP contribution is -2.21. The van der Waals surface area contributed by atoms with E-state index in [1.165, 1.54) is 15.6 Å². The van der Waals surface area contributed by atoms with Gasteiger partial charge in [-0.15, -0.1) is 11.3 Å². The van der Waals surface area contributed by atoms with Crippen molar-refractivity contribution in [3.8, 4) is 0 Å². The van der Waals surface area contributed by atoms with Gasteiger partial charge < -0.3 is 10.1 Å². The van der Waals surface area contributed by atoms with E-state index < -0.39 is 0 Å². The SMILES string of the molecule is CCCc1nc(CCCOC)sc1CNC(C)C. The number of hydrogen-bond donors (Lipinski definition) is 1. The van der Waals surface area contributed by atoms with E-state index in [4.69, 9.17) is 9.72 Å². The average molecular weight is 270 g/mol. The Hall–Kier alpha value is -0.450. The normalized spacial score (nSPS) is 11.4. The molecule has 0 atom stereocenters. The van der Waals surface area contributed by atoms with Crippen LogP contribution in [0.1, 0.15) is 49.2 Å². The molecule has 0 spiro atoms. The number of thiazole rings is 1. The Balaban J connectivity index is 2.61. The van der Waals surface area contributed by atoms with E-state index in [0.29, 0.717) is 6.04 Å². The van der Waals surface area contributed by atoms with Crippen LogP contribution in [0.25, 0.3) is 0 Å². The summed E-state index contributed by atoms with van der Waals surface area (Å²) in [5, 5.41) is 4.75. The molecule has 0 fully saturated rings. The number of aryl methyl sites for hydroxylation is 2. The van der Waals surface area contributed by atoms with Crippen molar-refractivity contribution < 1.29 is 4.74 Å². The van der Waals surface area contributed by atoms with Gasteiger partial charge >= 0.3 is 0 Å². The summed E-state index contributed by atoms with van der Waals surface area (Å²) < 4.78 is 5.09. The molecule has 0 saturated heterocycles. The summed E-state index contributed by atoms with van der Waals surface area (Å²) in [5.74, 6) is 0. The number of hydrogen-bond acceptors (Lipinski definition) is 4. The summed E-state index contributed by atoms with van der Waals surface area (Å²) in [4.78, 5) is 6.19. The van der Waals surface area contributed by atoms with E-state index in [1.54, 1.807) is 7.11 Å². The fourth-order valence-corrected chi connectivity index (χ4v) is 2.89. The van der Waals surface area contributed by atoms with E-state index in [-0.39, 0.29) is 0 Å². The maximum absolute atomic E-state index is 5.09. The van der Waals surface area contributed by atoms with Crippen molar-refractivity contribution in [1.29, 1.82) is 0 Å². The van der Waals surface area contributed by atoms with E-state index in [2.05, 4.69) is 26.1 Å². The highest BCUT2D eigenvalue weighted by Crippen LogP contribution is 2.21. The molecule has 0 aliphatic heterocycles. The minimum Gasteiger partial charge on any atom is -0.385 e. The molecule has 0 aliphatic rings. The summed E-state index contributed by atoms with van der Waals surface area (Å²) >= 11 is 1.86. The lowest BCUT2D eigenvalue weighted by atomic mass is 10.2. The van der Waals surface area contributed by atoms with Crippen molar-refractivity contribution in [2.45, 2.75) is 59.0 Å². The third-order valence-electron chi connectivity index (χ3n) is 2.72. The van der Waals surface area contributed by atoms with Crippen molar-refractivity contribution in [1.82, 2.24) is 10.3 Å². The molecule has 0 bridgehead atoms. The van der Waals surface area contributed by atoms with Gasteiger partial charge in [-0.3, -0.25) is 0 Å². The molecule has 0 radical (unpaired) electrons. The summed E-state index contributed by atoms with van der Waals surface area (Å²) in [7, 11) is 1.75. The molecule has 0 unspecified atom stereocenters. The van der Waals surface area contributed by atoms with Gasteiger partial charge in [0.2, 0.25) is 0 Å². The quantitative estimate of drug-likeness (QED) is 0.700. The topological polar surface area (TPSA) is 34.1 Å². The predicted molar refractivity (Wildman–Crippen MR) is 78.3 cm³/mol. The van der Waals surface area contributed by atoms with Crippen molar-refractivity contribution in [2.75, 3.05) is 13.7 Å². The minimum atomic E-state index is 0.526. The van der Waals surface area contributed by atoms with Crippen LogP contribution in [0.4, 0.5) is 0 Å². The molecular weight excluding hydrogens is 244 g/mol. The Morgan fingerprint density at radius 2 is 2.11 bits per heavy atom. The van der Waals surface area contributed by atoms with Crippen molar-refractivity contribution in [2.24, 2.45) is 0 Å². The first-order valence-corrected chi connectivity index (χ1v) is 7.68. The van der Waals surface area contributed by atoms with Crippen molar-refractivity contribution >= 4 is 11.3 Å². The first-order valence-electron chi connectivity index (χ1n) is 6.87. The maximum Gasteiger partial charge on any atom is 0.0932 e. The molecule has 0 aliphatic carbocycles. The number of rotatable bonds is 9. The second-order valence-corrected chi connectivity index (χ2v) is 6.03. The van der Waals surface area contributed by atoms with E-state index >= 15 is 0 Å². The minimum absolute atomic E-state index is 0.526. The highest BCUT2D eigenvalue weighted by Gasteiger charge is 2.10. The van der Waals surface area contributed by atoms with Crippen LogP contribution in [-0.2, 0) is 24.1 Å². The lowest BCUT2D eigenvalue weighted by Gasteiger charge is -2.07. The third-order valence-corrected chi connectivity index (χ3v) is 3.88. The molecule has 0 saturated carbocycles. The first kappa shape index (κ1) is 15.6. The maximum atomic E-state index is 5.09. The third kappa shape index (κ3) is 5.46. The molecule has 1 aromatic rings. The highest BCUT2D eigenvalue weighted by molar-refractivity contribution is 7.11. The average Bonchev–Trinajstić information content (AvgIpc) is 2.70. The van der Waals surface area contributed by atoms with Gasteiger partial charge in [0.25, 0.3) is 0 Å². The number of nitrogens with zero attached hydrogens (tertiary/aromatic N) is 1. The Morgan fingerprint density at radius 3 is 2.72 bits per heavy atom. The molecule has 1 aromatic heterocycles. The molecule has 1 N–H and O–H groups in total. The van der Waals surface area contributed by atoms with E-state index in [0.717, 1.165) is 38.8 Å². The van der Waals surface area contributed by atoms with Gasteiger partial charge in [-0.05, 0) is 12.8 Å². The van der Waals surface area contributed by atoms with Gasteiger partial charge in [-0.25, -0.2) is 4.98 Å². The smallest absolute Gasteiger partial charge is 0.0932 e. The number of methoxy groups -OCH3 is 1. The molecule has 1 rings (SSSR count). The van der Waals surface area contributed by atoms with Crippen molar-refractivity contribution in [3.05, 3.63) is 15.6 Å². The Bertz CT molecular complexity index is 337. The molecule has 104 valence electrons. The predicted octanol–water partition coefficient (Wildman–Crippen LogP) is 3.17. The number of nitrogens with one attached hydrogen (secondary N) is 1. The van der Waals surface area contributed by atoms with Crippen LogP contribution in [0.2, 0.25) is 0 Å². The standard InChI is InChI=1S/C14H26N2OS/c1-5-7-12-13(10-15-11(2)3)18-14(16-12)8-6-9-17-4/h11,15H,5-10H2,1-4H3. The molecule has 18 heavy (non-hydrogen) atoms. The first-order chi connectivity index (χ1) is 8.67. The Morgan fingerprint density at radius 1 is 1.33 bits per heavy atom. The van der Waals surface area contributed by atoms with Crippen molar-refractivity contribution in [3.63, 3.8) is 0 Å². The zero-order valence-corrected chi connectivity index (χ0v) is 12.9. The molecular formula is C14H26N2OS. The van der Waals surface area contributed by atoms with E-state index in [1.807, 2.05) is 11.3 Å². The highest BCUT2D eigenvalue weighted by atomic mass is 32.1. The van der Waals surface area contributed by atoms with Gasteiger partial charge in [0.05, 0.1) is 10.7 Å². The number of aromatic nitrogens is 1. The molecule has 0 aromatic carbocycles. The summed E-state index contributed by atoms with van der Waals surface area (Å²) in [6.45, 7) is 8.35. The summed E-state index contributed by atoms with van der Waals surface area (Å²) in [6, 6.07) is 0.526. The van der Waals surface area contributed by atoms with Gasteiger partial charge in [-0.2, -0.15) is 0 Å². The zero-order valence-electron chi connectivity index (χ0n) is 12.1. The monoisotopic (exact) mass is 270 g/mol. The van der Waals surface area contributed by atoms with Crippen LogP contribution in [0.5, 0.6) is 0 Å². The molecule has 4 heteroatoms. The van der Waals surface area contributed by atoms with Gasteiger partial charge in [0.1, 0.15) is 0 Å². The van der Waals surface area contributed by atoms with Crippen LogP contribution < -0.4 is 5.32 Å². The van der Waals surface area contributed by atoms with Crippen LogP contribution >= 0.6 is 11.3 Å². The molecule has 1 heterocycles. The van der Waals surface area contributed by atoms with E-state index in [9.17, 15) is 0 Å². The van der Waals surface area contributed by atoms with Crippen LogP contribution in [0, 0.1) is 0 Å². The van der Waals surface area contributed by atoms with Gasteiger partial charge in [-0.1, -0.05) is 27.2 Å². The Kier molecular flexibility index (Phi) is 7.47. The molecule has 0 amide bonds. The number of ether oxygens (including phenoxy) is 1. The zero-order chi connectivity index (χ0) is 13.4. The largest absolute Gasteiger partial charge is 0.385 e. The Labute approximate surface area is 115 Å². The van der Waals surface area contributed by atoms with Gasteiger partial charge in [0.15, 0.2) is 0 Å². The van der Waals surface area contributed by atoms with Crippen LogP contribution in [-0.4, -0.2) is 24.7 Å². The second-order valence-electron chi connectivity index (χ2n) is 4.86. The van der Waals surface area contributed by atoms with Crippen LogP contribution in [0.3, 0.4) is 0 Å². The van der Waals surface area contributed by atoms with Gasteiger partial charge in [0, 0.05) is 37.6 Å².